The molecule has 0 fully saturated rings. The molecule has 0 saturated heterocycles. The minimum Gasteiger partial charge on any atom is -0.308 e. The third-order valence-corrected chi connectivity index (χ3v) is 3.32. The molecule has 1 atom stereocenters. The number of rotatable bonds is 3. The average molecular weight is 268 g/mol. The van der Waals surface area contributed by atoms with Gasteiger partial charge in [0.1, 0.15) is 5.82 Å². The van der Waals surface area contributed by atoms with Crippen molar-refractivity contribution in [2.24, 2.45) is 7.05 Å². The first-order valence-electron chi connectivity index (χ1n) is 5.66. The third-order valence-electron chi connectivity index (χ3n) is 3.03. The summed E-state index contributed by atoms with van der Waals surface area (Å²) in [6.45, 7) is 1.75. The summed E-state index contributed by atoms with van der Waals surface area (Å²) in [7, 11) is 3.56. The molecule has 18 heavy (non-hydrogen) atoms. The van der Waals surface area contributed by atoms with E-state index in [2.05, 4.69) is 10.4 Å². The highest BCUT2D eigenvalue weighted by atomic mass is 35.5. The molecule has 2 rings (SSSR count). The predicted octanol–water partition coefficient (Wildman–Crippen LogP) is 2.83. The molecule has 0 radical (unpaired) electrons. The van der Waals surface area contributed by atoms with Crippen LogP contribution in [-0.2, 0) is 7.05 Å². The number of nitrogens with zero attached hydrogens (tertiary/aromatic N) is 2. The largest absolute Gasteiger partial charge is 0.308 e. The zero-order chi connectivity index (χ0) is 13.3. The fourth-order valence-electron chi connectivity index (χ4n) is 2.08. The third kappa shape index (κ3) is 2.13. The Kier molecular flexibility index (Phi) is 3.68. The molecular formula is C13H15ClFN3. The van der Waals surface area contributed by atoms with E-state index in [1.807, 2.05) is 6.07 Å². The summed E-state index contributed by atoms with van der Waals surface area (Å²) in [5, 5.41) is 7.70. The van der Waals surface area contributed by atoms with Crippen molar-refractivity contribution in [3.8, 4) is 0 Å². The fourth-order valence-corrected chi connectivity index (χ4v) is 2.35. The maximum atomic E-state index is 14.2. The highest BCUT2D eigenvalue weighted by molar-refractivity contribution is 6.31. The SMILES string of the molecule is CNC(c1cccc(C)c1F)c1c(Cl)cnn1C. The highest BCUT2D eigenvalue weighted by Gasteiger charge is 2.22. The summed E-state index contributed by atoms with van der Waals surface area (Å²) in [5.74, 6) is -0.214. The number of hydrogen-bond acceptors (Lipinski definition) is 2. The van der Waals surface area contributed by atoms with Gasteiger partial charge in [0, 0.05) is 12.6 Å². The molecule has 0 aliphatic carbocycles. The molecule has 0 saturated carbocycles. The van der Waals surface area contributed by atoms with Crippen LogP contribution in [0.25, 0.3) is 0 Å². The van der Waals surface area contributed by atoms with Crippen LogP contribution in [0.5, 0.6) is 0 Å². The molecule has 0 spiro atoms. The maximum Gasteiger partial charge on any atom is 0.131 e. The van der Waals surface area contributed by atoms with Crippen LogP contribution in [0.4, 0.5) is 4.39 Å². The number of aromatic nitrogens is 2. The van der Waals surface area contributed by atoms with Gasteiger partial charge in [-0.3, -0.25) is 4.68 Å². The molecule has 5 heteroatoms. The number of halogens is 2. The first-order chi connectivity index (χ1) is 8.56. The van der Waals surface area contributed by atoms with Crippen LogP contribution >= 0.6 is 11.6 Å². The van der Waals surface area contributed by atoms with Crippen LogP contribution in [0.15, 0.2) is 24.4 Å². The Labute approximate surface area is 111 Å². The van der Waals surface area contributed by atoms with Crippen molar-refractivity contribution in [2.45, 2.75) is 13.0 Å². The van der Waals surface area contributed by atoms with Crippen molar-refractivity contribution in [1.29, 1.82) is 0 Å². The van der Waals surface area contributed by atoms with E-state index in [1.54, 1.807) is 44.0 Å². The molecule has 1 heterocycles. The van der Waals surface area contributed by atoms with Crippen molar-refractivity contribution in [2.75, 3.05) is 7.05 Å². The molecule has 1 aromatic carbocycles. The van der Waals surface area contributed by atoms with E-state index in [-0.39, 0.29) is 11.9 Å². The molecule has 3 nitrogen and oxygen atoms in total. The first kappa shape index (κ1) is 13.1. The zero-order valence-corrected chi connectivity index (χ0v) is 11.3. The molecule has 0 amide bonds. The molecule has 96 valence electrons. The Bertz CT molecular complexity index is 546. The number of benzene rings is 1. The van der Waals surface area contributed by atoms with Crippen LogP contribution in [0.3, 0.4) is 0 Å². The quantitative estimate of drug-likeness (QED) is 0.927. The predicted molar refractivity (Wildman–Crippen MR) is 70.3 cm³/mol. The Morgan fingerprint density at radius 3 is 2.72 bits per heavy atom. The summed E-state index contributed by atoms with van der Waals surface area (Å²) in [6, 6.07) is 5.02. The number of aryl methyl sites for hydroxylation is 2. The minimum atomic E-state index is -0.315. The fraction of sp³-hybridized carbons (Fsp3) is 0.308. The van der Waals surface area contributed by atoms with E-state index in [0.29, 0.717) is 16.1 Å². The second kappa shape index (κ2) is 5.08. The summed E-state index contributed by atoms with van der Waals surface area (Å²) in [4.78, 5) is 0. The van der Waals surface area contributed by atoms with Gasteiger partial charge in [-0.2, -0.15) is 5.10 Å². The van der Waals surface area contributed by atoms with Crippen LogP contribution in [0.1, 0.15) is 22.9 Å². The topological polar surface area (TPSA) is 29.9 Å². The van der Waals surface area contributed by atoms with E-state index in [1.165, 1.54) is 0 Å². The van der Waals surface area contributed by atoms with Gasteiger partial charge in [0.15, 0.2) is 0 Å². The second-order valence-corrected chi connectivity index (χ2v) is 4.61. The molecule has 0 aliphatic rings. The molecule has 1 unspecified atom stereocenters. The van der Waals surface area contributed by atoms with Crippen molar-refractivity contribution in [1.82, 2.24) is 15.1 Å². The van der Waals surface area contributed by atoms with Crippen molar-refractivity contribution in [3.63, 3.8) is 0 Å². The average Bonchev–Trinajstić information content (AvgIpc) is 2.67. The van der Waals surface area contributed by atoms with Gasteiger partial charge in [0.25, 0.3) is 0 Å². The van der Waals surface area contributed by atoms with Gasteiger partial charge < -0.3 is 5.32 Å². The lowest BCUT2D eigenvalue weighted by Gasteiger charge is -2.19. The molecule has 1 N–H and O–H groups in total. The normalized spacial score (nSPS) is 12.7. The molecular weight excluding hydrogens is 253 g/mol. The van der Waals surface area contributed by atoms with E-state index in [0.717, 1.165) is 5.69 Å². The van der Waals surface area contributed by atoms with Crippen LogP contribution < -0.4 is 5.32 Å². The highest BCUT2D eigenvalue weighted by Crippen LogP contribution is 2.29. The van der Waals surface area contributed by atoms with Gasteiger partial charge in [-0.25, -0.2) is 4.39 Å². The second-order valence-electron chi connectivity index (χ2n) is 4.20. The van der Waals surface area contributed by atoms with Gasteiger partial charge in [-0.15, -0.1) is 0 Å². The Balaban J connectivity index is 2.56. The monoisotopic (exact) mass is 267 g/mol. The van der Waals surface area contributed by atoms with Gasteiger partial charge in [0.05, 0.1) is 23.0 Å². The molecule has 0 aliphatic heterocycles. The van der Waals surface area contributed by atoms with Crippen molar-refractivity contribution < 1.29 is 4.39 Å². The van der Waals surface area contributed by atoms with Crippen LogP contribution in [0.2, 0.25) is 5.02 Å². The van der Waals surface area contributed by atoms with Gasteiger partial charge in [0.2, 0.25) is 0 Å². The smallest absolute Gasteiger partial charge is 0.131 e. The lowest BCUT2D eigenvalue weighted by molar-refractivity contribution is 0.547. The van der Waals surface area contributed by atoms with E-state index in [9.17, 15) is 4.39 Å². The Hall–Kier alpha value is -1.39. The molecule has 2 aromatic rings. The maximum absolute atomic E-state index is 14.2. The summed E-state index contributed by atoms with van der Waals surface area (Å²) >= 11 is 6.11. The van der Waals surface area contributed by atoms with E-state index < -0.39 is 0 Å². The van der Waals surface area contributed by atoms with Gasteiger partial charge in [-0.05, 0) is 19.5 Å². The number of hydrogen-bond donors (Lipinski definition) is 1. The molecule has 1 aromatic heterocycles. The minimum absolute atomic E-state index is 0.214. The van der Waals surface area contributed by atoms with E-state index in [4.69, 9.17) is 11.6 Å². The van der Waals surface area contributed by atoms with Gasteiger partial charge in [-0.1, -0.05) is 29.8 Å². The first-order valence-corrected chi connectivity index (χ1v) is 6.03. The van der Waals surface area contributed by atoms with Crippen LogP contribution in [0, 0.1) is 12.7 Å². The summed E-state index contributed by atoms with van der Waals surface area (Å²) in [5.41, 5.74) is 1.94. The van der Waals surface area contributed by atoms with Crippen molar-refractivity contribution in [3.05, 3.63) is 52.1 Å². The molecule has 0 bridgehead atoms. The summed E-state index contributed by atoms with van der Waals surface area (Å²) in [6.07, 6.45) is 1.56. The lowest BCUT2D eigenvalue weighted by Crippen LogP contribution is -2.22. The van der Waals surface area contributed by atoms with E-state index >= 15 is 0 Å². The zero-order valence-electron chi connectivity index (χ0n) is 10.5. The summed E-state index contributed by atoms with van der Waals surface area (Å²) < 4.78 is 15.8. The Morgan fingerprint density at radius 2 is 2.17 bits per heavy atom. The Morgan fingerprint density at radius 1 is 1.44 bits per heavy atom. The lowest BCUT2D eigenvalue weighted by atomic mass is 10.0. The standard InChI is InChI=1S/C13H15ClFN3/c1-8-5-4-6-9(11(8)15)12(16-2)13-10(14)7-17-18(13)3/h4-7,12,16H,1-3H3. The van der Waals surface area contributed by atoms with Gasteiger partial charge >= 0.3 is 0 Å². The van der Waals surface area contributed by atoms with Crippen molar-refractivity contribution >= 4 is 11.6 Å². The number of nitrogens with one attached hydrogen (secondary N) is 1. The van der Waals surface area contributed by atoms with Crippen LogP contribution in [-0.4, -0.2) is 16.8 Å².